The van der Waals surface area contributed by atoms with E-state index in [-0.39, 0.29) is 5.60 Å². The molecule has 4 saturated carbocycles. The van der Waals surface area contributed by atoms with E-state index in [1.807, 2.05) is 6.26 Å². The van der Waals surface area contributed by atoms with Gasteiger partial charge in [0.15, 0.2) is 0 Å². The van der Waals surface area contributed by atoms with Gasteiger partial charge in [-0.15, -0.1) is 0 Å². The molecule has 0 unspecified atom stereocenters. The predicted octanol–water partition coefficient (Wildman–Crippen LogP) is 4.64. The van der Waals surface area contributed by atoms with Crippen LogP contribution >= 0.6 is 0 Å². The Morgan fingerprint density at radius 1 is 0.895 bits per heavy atom. The second-order valence-electron chi connectivity index (χ2n) is 6.93. The Morgan fingerprint density at radius 2 is 1.47 bits per heavy atom. The van der Waals surface area contributed by atoms with Gasteiger partial charge in [0.25, 0.3) is 0 Å². The third-order valence-electron chi connectivity index (χ3n) is 5.36. The van der Waals surface area contributed by atoms with Crippen molar-refractivity contribution < 1.29 is 4.74 Å². The molecule has 1 aromatic rings. The Balaban J connectivity index is 1.47. The Morgan fingerprint density at radius 3 is 2.05 bits per heavy atom. The zero-order valence-corrected chi connectivity index (χ0v) is 11.4. The van der Waals surface area contributed by atoms with Crippen molar-refractivity contribution in [2.24, 2.45) is 17.8 Å². The van der Waals surface area contributed by atoms with Gasteiger partial charge < -0.3 is 4.74 Å². The minimum Gasteiger partial charge on any atom is -0.495 e. The summed E-state index contributed by atoms with van der Waals surface area (Å²) in [5.74, 6) is 2.86. The Hall–Kier alpha value is -1.24. The van der Waals surface area contributed by atoms with Gasteiger partial charge in [-0.05, 0) is 67.9 Å². The van der Waals surface area contributed by atoms with Crippen LogP contribution in [0.5, 0.6) is 0 Å². The van der Waals surface area contributed by atoms with Crippen molar-refractivity contribution in [3.05, 3.63) is 42.2 Å². The molecule has 100 valence electrons. The van der Waals surface area contributed by atoms with Crippen molar-refractivity contribution in [3.8, 4) is 0 Å². The molecule has 0 aromatic heterocycles. The fourth-order valence-electron chi connectivity index (χ4n) is 5.00. The van der Waals surface area contributed by atoms with Gasteiger partial charge in [-0.2, -0.15) is 0 Å². The van der Waals surface area contributed by atoms with E-state index in [4.69, 9.17) is 4.74 Å². The molecule has 5 rings (SSSR count). The zero-order valence-electron chi connectivity index (χ0n) is 11.4. The maximum atomic E-state index is 6.27. The molecule has 1 aromatic carbocycles. The number of rotatable bonds is 3. The highest BCUT2D eigenvalue weighted by atomic mass is 16.5. The third-order valence-corrected chi connectivity index (χ3v) is 5.36. The lowest BCUT2D eigenvalue weighted by Gasteiger charge is -2.55. The van der Waals surface area contributed by atoms with Crippen LogP contribution < -0.4 is 0 Å². The summed E-state index contributed by atoms with van der Waals surface area (Å²) in [5, 5.41) is 0. The largest absolute Gasteiger partial charge is 0.495 e. The summed E-state index contributed by atoms with van der Waals surface area (Å²) in [4.78, 5) is 0. The highest BCUT2D eigenvalue weighted by molar-refractivity contribution is 5.47. The van der Waals surface area contributed by atoms with Gasteiger partial charge in [0.05, 0.1) is 6.26 Å². The summed E-state index contributed by atoms with van der Waals surface area (Å²) in [7, 11) is 0. The predicted molar refractivity (Wildman–Crippen MR) is 77.5 cm³/mol. The Labute approximate surface area is 115 Å². The van der Waals surface area contributed by atoms with E-state index in [2.05, 4.69) is 36.4 Å². The summed E-state index contributed by atoms with van der Waals surface area (Å²) in [6.45, 7) is 0. The second-order valence-corrected chi connectivity index (χ2v) is 6.93. The lowest BCUT2D eigenvalue weighted by molar-refractivity contribution is -0.129. The molecule has 4 aliphatic carbocycles. The molecule has 19 heavy (non-hydrogen) atoms. The summed E-state index contributed by atoms with van der Waals surface area (Å²) in [5.41, 5.74) is 1.42. The van der Waals surface area contributed by atoms with Gasteiger partial charge in [-0.25, -0.2) is 0 Å². The van der Waals surface area contributed by atoms with E-state index in [0.29, 0.717) is 0 Å². The van der Waals surface area contributed by atoms with Crippen LogP contribution in [0.15, 0.2) is 36.6 Å². The SMILES string of the molecule is C(=Cc1ccccc1)OC12CC3CC(CC(C3)C1)C2. The molecular weight excluding hydrogens is 232 g/mol. The van der Waals surface area contributed by atoms with Crippen molar-refractivity contribution in [2.45, 2.75) is 44.1 Å². The van der Waals surface area contributed by atoms with Crippen LogP contribution in [0.4, 0.5) is 0 Å². The first kappa shape index (κ1) is 11.6. The molecular formula is C18H22O. The fourth-order valence-corrected chi connectivity index (χ4v) is 5.00. The van der Waals surface area contributed by atoms with Gasteiger partial charge in [0.2, 0.25) is 0 Å². The minimum absolute atomic E-state index is 0.194. The summed E-state index contributed by atoms with van der Waals surface area (Å²) >= 11 is 0. The molecule has 0 amide bonds. The molecule has 4 bridgehead atoms. The van der Waals surface area contributed by atoms with Crippen LogP contribution in [0.1, 0.15) is 44.1 Å². The lowest BCUT2D eigenvalue weighted by Crippen LogP contribution is -2.51. The van der Waals surface area contributed by atoms with Crippen molar-refractivity contribution in [1.82, 2.24) is 0 Å². The molecule has 0 spiro atoms. The van der Waals surface area contributed by atoms with E-state index in [1.54, 1.807) is 0 Å². The van der Waals surface area contributed by atoms with Gasteiger partial charge in [-0.1, -0.05) is 30.3 Å². The molecule has 0 saturated heterocycles. The molecule has 1 nitrogen and oxygen atoms in total. The fraction of sp³-hybridized carbons (Fsp3) is 0.556. The molecule has 4 aliphatic rings. The first-order chi connectivity index (χ1) is 9.31. The molecule has 0 N–H and O–H groups in total. The van der Waals surface area contributed by atoms with E-state index in [1.165, 1.54) is 44.1 Å². The second kappa shape index (κ2) is 4.40. The van der Waals surface area contributed by atoms with E-state index < -0.39 is 0 Å². The van der Waals surface area contributed by atoms with Crippen LogP contribution in [0, 0.1) is 17.8 Å². The number of hydrogen-bond donors (Lipinski definition) is 0. The maximum absolute atomic E-state index is 6.27. The highest BCUT2D eigenvalue weighted by Crippen LogP contribution is 2.57. The van der Waals surface area contributed by atoms with Crippen molar-refractivity contribution in [1.29, 1.82) is 0 Å². The Kier molecular flexibility index (Phi) is 2.68. The van der Waals surface area contributed by atoms with Crippen molar-refractivity contribution >= 4 is 6.08 Å². The van der Waals surface area contributed by atoms with Crippen LogP contribution in [0.3, 0.4) is 0 Å². The van der Waals surface area contributed by atoms with Crippen molar-refractivity contribution in [3.63, 3.8) is 0 Å². The monoisotopic (exact) mass is 254 g/mol. The van der Waals surface area contributed by atoms with Crippen LogP contribution in [0.25, 0.3) is 6.08 Å². The van der Waals surface area contributed by atoms with E-state index in [9.17, 15) is 0 Å². The lowest BCUT2D eigenvalue weighted by atomic mass is 9.54. The zero-order chi connectivity index (χ0) is 12.7. The summed E-state index contributed by atoms with van der Waals surface area (Å²) in [6.07, 6.45) is 12.4. The topological polar surface area (TPSA) is 9.23 Å². The molecule has 0 heterocycles. The van der Waals surface area contributed by atoms with Crippen LogP contribution in [0.2, 0.25) is 0 Å². The highest BCUT2D eigenvalue weighted by Gasteiger charge is 2.52. The van der Waals surface area contributed by atoms with E-state index >= 15 is 0 Å². The quantitative estimate of drug-likeness (QED) is 0.714. The standard InChI is InChI=1S/C18H22O/c1-2-4-14(5-3-1)6-7-19-18-11-15-8-16(12-18)10-17(9-15)13-18/h1-7,15-17H,8-13H2. The van der Waals surface area contributed by atoms with Gasteiger partial charge in [0.1, 0.15) is 5.60 Å². The van der Waals surface area contributed by atoms with E-state index in [0.717, 1.165) is 17.8 Å². The first-order valence-corrected chi connectivity index (χ1v) is 7.71. The van der Waals surface area contributed by atoms with Crippen LogP contribution in [-0.4, -0.2) is 5.60 Å². The molecule has 0 atom stereocenters. The number of ether oxygens (including phenoxy) is 1. The molecule has 1 heteroatoms. The first-order valence-electron chi connectivity index (χ1n) is 7.71. The molecule has 0 aliphatic heterocycles. The maximum Gasteiger partial charge on any atom is 0.109 e. The summed E-state index contributed by atoms with van der Waals surface area (Å²) in [6, 6.07) is 10.4. The summed E-state index contributed by atoms with van der Waals surface area (Å²) < 4.78 is 6.27. The van der Waals surface area contributed by atoms with Gasteiger partial charge in [-0.3, -0.25) is 0 Å². The number of hydrogen-bond acceptors (Lipinski definition) is 1. The van der Waals surface area contributed by atoms with Gasteiger partial charge in [0, 0.05) is 0 Å². The minimum atomic E-state index is 0.194. The molecule has 4 fully saturated rings. The average Bonchev–Trinajstić information content (AvgIpc) is 2.38. The molecule has 0 radical (unpaired) electrons. The number of benzene rings is 1. The normalized spacial score (nSPS) is 39.9. The van der Waals surface area contributed by atoms with Crippen LogP contribution in [-0.2, 0) is 4.74 Å². The van der Waals surface area contributed by atoms with Crippen molar-refractivity contribution in [2.75, 3.05) is 0 Å². The third kappa shape index (κ3) is 2.20. The smallest absolute Gasteiger partial charge is 0.109 e. The van der Waals surface area contributed by atoms with Gasteiger partial charge >= 0.3 is 0 Å². The average molecular weight is 254 g/mol. The Bertz CT molecular complexity index is 438.